The minimum absolute atomic E-state index is 0.0212. The number of nitrogens with zero attached hydrogens (tertiary/aromatic N) is 1. The number of likely N-dealkylation sites (tertiary alicyclic amines) is 1. The van der Waals surface area contributed by atoms with E-state index in [1.54, 1.807) is 0 Å². The van der Waals surface area contributed by atoms with Crippen molar-refractivity contribution in [1.82, 2.24) is 15.5 Å². The summed E-state index contributed by atoms with van der Waals surface area (Å²) in [4.78, 5) is 59.5. The average Bonchev–Trinajstić information content (AvgIpc) is 2.83. The molecule has 0 unspecified atom stereocenters. The number of hydrogen-bond donors (Lipinski definition) is 4. The van der Waals surface area contributed by atoms with Crippen LogP contribution in [0.25, 0.3) is 0 Å². The Labute approximate surface area is 151 Å². The number of nitrogens with one attached hydrogen (secondary N) is 2. The Balaban J connectivity index is 2.63. The Morgan fingerprint density at radius 1 is 1.12 bits per heavy atom. The molecule has 0 spiro atoms. The molecule has 4 N–H and O–H groups in total. The number of primary amides is 1. The quantitative estimate of drug-likeness (QED) is 0.290. The number of hydrogen-bond acceptors (Lipinski definition) is 6. The van der Waals surface area contributed by atoms with E-state index in [4.69, 9.17) is 5.73 Å². The van der Waals surface area contributed by atoms with Crippen molar-refractivity contribution in [2.45, 2.75) is 45.2 Å². The highest BCUT2D eigenvalue weighted by Crippen LogP contribution is 2.11. The molecule has 0 aromatic heterocycles. The highest BCUT2D eigenvalue weighted by molar-refractivity contribution is 7.80. The minimum Gasteiger partial charge on any atom is -0.368 e. The predicted octanol–water partition coefficient (Wildman–Crippen LogP) is -1.43. The predicted molar refractivity (Wildman–Crippen MR) is 92.3 cm³/mol. The lowest BCUT2D eigenvalue weighted by Crippen LogP contribution is -2.55. The van der Waals surface area contributed by atoms with Gasteiger partial charge in [0.1, 0.15) is 18.6 Å². The van der Waals surface area contributed by atoms with E-state index in [-0.39, 0.29) is 24.5 Å². The fourth-order valence-electron chi connectivity index (χ4n) is 2.37. The van der Waals surface area contributed by atoms with Crippen LogP contribution in [0.1, 0.15) is 33.1 Å². The molecule has 0 bridgehead atoms. The lowest BCUT2D eigenvalue weighted by atomic mass is 10.0. The van der Waals surface area contributed by atoms with Gasteiger partial charge in [-0.25, -0.2) is 0 Å². The normalized spacial score (nSPS) is 16.7. The Kier molecular flexibility index (Phi) is 7.88. The summed E-state index contributed by atoms with van der Waals surface area (Å²) in [5, 5.41) is 4.90. The van der Waals surface area contributed by atoms with E-state index in [9.17, 15) is 24.0 Å². The molecular weight excluding hydrogens is 348 g/mol. The van der Waals surface area contributed by atoms with Crippen molar-refractivity contribution >= 4 is 42.2 Å². The summed E-state index contributed by atoms with van der Waals surface area (Å²) in [6, 6.07) is -1.87. The fourth-order valence-corrected chi connectivity index (χ4v) is 2.62. The monoisotopic (exact) mass is 372 g/mol. The van der Waals surface area contributed by atoms with E-state index >= 15 is 0 Å². The molecule has 1 aliphatic heterocycles. The SMILES string of the molecule is CC(C)C[C@H](NC(=O)[C@H](CS)NC(=O)CN1C(=O)CCC1=O)C(N)=O. The van der Waals surface area contributed by atoms with E-state index < -0.39 is 48.2 Å². The summed E-state index contributed by atoms with van der Waals surface area (Å²) in [6.45, 7) is 3.31. The van der Waals surface area contributed by atoms with Crippen molar-refractivity contribution in [3.8, 4) is 0 Å². The number of carbonyl (C=O) groups is 5. The Bertz CT molecular complexity index is 550. The lowest BCUT2D eigenvalue weighted by molar-refractivity contribution is -0.142. The van der Waals surface area contributed by atoms with Crippen LogP contribution in [-0.4, -0.2) is 58.8 Å². The van der Waals surface area contributed by atoms with Gasteiger partial charge in [-0.05, 0) is 12.3 Å². The van der Waals surface area contributed by atoms with Gasteiger partial charge in [0.15, 0.2) is 0 Å². The third kappa shape index (κ3) is 6.37. The molecule has 1 fully saturated rings. The van der Waals surface area contributed by atoms with Crippen molar-refractivity contribution in [3.63, 3.8) is 0 Å². The van der Waals surface area contributed by atoms with Crippen LogP contribution < -0.4 is 16.4 Å². The first-order valence-corrected chi connectivity index (χ1v) is 8.62. The van der Waals surface area contributed by atoms with Crippen LogP contribution in [0.3, 0.4) is 0 Å². The van der Waals surface area contributed by atoms with Crippen molar-refractivity contribution in [1.29, 1.82) is 0 Å². The zero-order chi connectivity index (χ0) is 19.1. The standard InChI is InChI=1S/C15H24N4O5S/c1-8(2)5-9(14(16)23)18-15(24)10(7-25)17-11(20)6-19-12(21)3-4-13(19)22/h8-10,25H,3-7H2,1-2H3,(H2,16,23)(H,17,20)(H,18,24)/t9-,10-/m0/s1. The van der Waals surface area contributed by atoms with Gasteiger partial charge in [0.05, 0.1) is 0 Å². The number of rotatable bonds is 9. The number of amides is 5. The Morgan fingerprint density at radius 2 is 1.68 bits per heavy atom. The molecule has 25 heavy (non-hydrogen) atoms. The summed E-state index contributed by atoms with van der Waals surface area (Å²) in [5.74, 6) is -2.65. The van der Waals surface area contributed by atoms with Crippen LogP contribution in [-0.2, 0) is 24.0 Å². The van der Waals surface area contributed by atoms with Crippen molar-refractivity contribution in [2.24, 2.45) is 11.7 Å². The number of thiol groups is 1. The third-order valence-electron chi connectivity index (χ3n) is 3.66. The van der Waals surface area contributed by atoms with Crippen molar-refractivity contribution in [2.75, 3.05) is 12.3 Å². The van der Waals surface area contributed by atoms with Gasteiger partial charge in [0, 0.05) is 18.6 Å². The molecule has 1 rings (SSSR count). The van der Waals surface area contributed by atoms with Gasteiger partial charge in [-0.15, -0.1) is 0 Å². The van der Waals surface area contributed by atoms with Gasteiger partial charge in [-0.1, -0.05) is 13.8 Å². The highest BCUT2D eigenvalue weighted by atomic mass is 32.1. The molecule has 0 aromatic rings. The maximum Gasteiger partial charge on any atom is 0.244 e. The molecule has 5 amide bonds. The van der Waals surface area contributed by atoms with Crippen LogP contribution in [0.5, 0.6) is 0 Å². The molecule has 1 heterocycles. The highest BCUT2D eigenvalue weighted by Gasteiger charge is 2.32. The summed E-state index contributed by atoms with van der Waals surface area (Å²) < 4.78 is 0. The molecule has 2 atom stereocenters. The van der Waals surface area contributed by atoms with Gasteiger partial charge < -0.3 is 16.4 Å². The zero-order valence-electron chi connectivity index (χ0n) is 14.3. The molecule has 1 saturated heterocycles. The van der Waals surface area contributed by atoms with Crippen LogP contribution in [0.4, 0.5) is 0 Å². The zero-order valence-corrected chi connectivity index (χ0v) is 15.2. The largest absolute Gasteiger partial charge is 0.368 e. The van der Waals surface area contributed by atoms with E-state index in [2.05, 4.69) is 23.3 Å². The summed E-state index contributed by atoms with van der Waals surface area (Å²) in [5.41, 5.74) is 5.27. The van der Waals surface area contributed by atoms with Crippen LogP contribution in [0, 0.1) is 5.92 Å². The first-order valence-electron chi connectivity index (χ1n) is 7.98. The van der Waals surface area contributed by atoms with E-state index in [0.717, 1.165) is 4.90 Å². The number of nitrogens with two attached hydrogens (primary N) is 1. The molecule has 10 heteroatoms. The van der Waals surface area contributed by atoms with Gasteiger partial charge in [0.25, 0.3) is 0 Å². The molecule has 0 aromatic carbocycles. The van der Waals surface area contributed by atoms with Crippen molar-refractivity contribution in [3.05, 3.63) is 0 Å². The Morgan fingerprint density at radius 3 is 2.12 bits per heavy atom. The topological polar surface area (TPSA) is 139 Å². The Hall–Kier alpha value is -2.10. The van der Waals surface area contributed by atoms with Gasteiger partial charge >= 0.3 is 0 Å². The lowest BCUT2D eigenvalue weighted by Gasteiger charge is -2.22. The van der Waals surface area contributed by atoms with Gasteiger partial charge in [-0.3, -0.25) is 28.9 Å². The average molecular weight is 372 g/mol. The summed E-state index contributed by atoms with van der Waals surface area (Å²) in [7, 11) is 0. The second-order valence-electron chi connectivity index (χ2n) is 6.27. The first-order chi connectivity index (χ1) is 11.6. The molecule has 1 aliphatic rings. The van der Waals surface area contributed by atoms with Crippen LogP contribution >= 0.6 is 12.6 Å². The second kappa shape index (κ2) is 9.40. The van der Waals surface area contributed by atoms with Gasteiger partial charge in [-0.2, -0.15) is 12.6 Å². The summed E-state index contributed by atoms with van der Waals surface area (Å²) in [6.07, 6.45) is 0.529. The maximum atomic E-state index is 12.2. The molecule has 9 nitrogen and oxygen atoms in total. The smallest absolute Gasteiger partial charge is 0.244 e. The molecule has 140 valence electrons. The van der Waals surface area contributed by atoms with Crippen molar-refractivity contribution < 1.29 is 24.0 Å². The van der Waals surface area contributed by atoms with Gasteiger partial charge in [0.2, 0.25) is 29.5 Å². The van der Waals surface area contributed by atoms with E-state index in [1.165, 1.54) is 0 Å². The first kappa shape index (κ1) is 20.9. The second-order valence-corrected chi connectivity index (χ2v) is 6.63. The van der Waals surface area contributed by atoms with Crippen LogP contribution in [0.2, 0.25) is 0 Å². The number of carbonyl (C=O) groups excluding carboxylic acids is 5. The number of imide groups is 1. The third-order valence-corrected chi connectivity index (χ3v) is 4.02. The van der Waals surface area contributed by atoms with Crippen LogP contribution in [0.15, 0.2) is 0 Å². The molecule has 0 saturated carbocycles. The molecule has 0 aliphatic carbocycles. The van der Waals surface area contributed by atoms with E-state index in [1.807, 2.05) is 13.8 Å². The summed E-state index contributed by atoms with van der Waals surface area (Å²) >= 11 is 4.02. The van der Waals surface area contributed by atoms with E-state index in [0.29, 0.717) is 6.42 Å². The molecule has 0 radical (unpaired) electrons. The maximum absolute atomic E-state index is 12.2. The minimum atomic E-state index is -1.02. The molecular formula is C15H24N4O5S. The fraction of sp³-hybridized carbons (Fsp3) is 0.667.